The molecule has 0 spiro atoms. The predicted octanol–water partition coefficient (Wildman–Crippen LogP) is 2.81. The maximum Gasteiger partial charge on any atom is 0.161 e. The minimum atomic E-state index is -0.468. The number of pyridine rings is 1. The van der Waals surface area contributed by atoms with E-state index in [1.807, 2.05) is 0 Å². The minimum absolute atomic E-state index is 0.432. The van der Waals surface area contributed by atoms with Gasteiger partial charge in [-0.1, -0.05) is 11.6 Å². The monoisotopic (exact) mass is 248 g/mol. The molecule has 3 rings (SSSR count). The van der Waals surface area contributed by atoms with Gasteiger partial charge in [-0.2, -0.15) is 0 Å². The van der Waals surface area contributed by atoms with Crippen LogP contribution in [0.15, 0.2) is 30.9 Å². The molecule has 0 aliphatic rings. The minimum Gasteiger partial charge on any atom is -0.345 e. The van der Waals surface area contributed by atoms with E-state index in [0.717, 1.165) is 23.3 Å². The van der Waals surface area contributed by atoms with E-state index in [4.69, 9.17) is 11.6 Å². The third-order valence-electron chi connectivity index (χ3n) is 2.36. The maximum absolute atomic E-state index is 12.7. The molecule has 0 radical (unpaired) electrons. The van der Waals surface area contributed by atoms with Crippen molar-refractivity contribution in [1.29, 1.82) is 0 Å². The Hall–Kier alpha value is -2.01. The Labute approximate surface area is 101 Å². The van der Waals surface area contributed by atoms with Crippen LogP contribution in [0.25, 0.3) is 22.4 Å². The molecule has 0 saturated carbocycles. The van der Waals surface area contributed by atoms with Crippen LogP contribution >= 0.6 is 11.6 Å². The van der Waals surface area contributed by atoms with Crippen LogP contribution in [-0.4, -0.2) is 19.9 Å². The molecule has 0 atom stereocenters. The first-order chi connectivity index (χ1) is 8.24. The summed E-state index contributed by atoms with van der Waals surface area (Å²) in [6, 6.07) is 1.77. The largest absolute Gasteiger partial charge is 0.345 e. The third kappa shape index (κ3) is 1.74. The summed E-state index contributed by atoms with van der Waals surface area (Å²) in [6.07, 6.45) is 5.52. The van der Waals surface area contributed by atoms with Crippen LogP contribution in [0.3, 0.4) is 0 Å². The van der Waals surface area contributed by atoms with E-state index in [9.17, 15) is 4.39 Å². The number of hydrogen-bond donors (Lipinski definition) is 1. The average Bonchev–Trinajstić information content (AvgIpc) is 2.73. The number of halogens is 2. The second-order valence-electron chi connectivity index (χ2n) is 3.48. The quantitative estimate of drug-likeness (QED) is 0.720. The van der Waals surface area contributed by atoms with Gasteiger partial charge in [-0.15, -0.1) is 0 Å². The Bertz CT molecular complexity index is 678. The molecule has 0 unspecified atom stereocenters. The zero-order valence-electron chi connectivity index (χ0n) is 8.48. The lowest BCUT2D eigenvalue weighted by molar-refractivity contribution is 0.614. The van der Waals surface area contributed by atoms with Gasteiger partial charge in [0.05, 0.1) is 17.4 Å². The first-order valence-electron chi connectivity index (χ1n) is 4.84. The number of nitrogens with zero attached hydrogens (tertiary/aromatic N) is 3. The number of H-pyrrole nitrogens is 1. The molecule has 1 N–H and O–H groups in total. The zero-order chi connectivity index (χ0) is 11.8. The van der Waals surface area contributed by atoms with E-state index in [0.29, 0.717) is 16.5 Å². The highest BCUT2D eigenvalue weighted by atomic mass is 35.5. The number of nitrogens with one attached hydrogen (secondary N) is 1. The van der Waals surface area contributed by atoms with E-state index < -0.39 is 5.82 Å². The average molecular weight is 249 g/mol. The van der Waals surface area contributed by atoms with Gasteiger partial charge in [0.2, 0.25) is 0 Å². The molecule has 0 aliphatic carbocycles. The number of aromatic amines is 1. The SMILES string of the molecule is Fc1cnc(-c2c[nH]c3ncc(Cl)cc23)nc1. The fourth-order valence-electron chi connectivity index (χ4n) is 1.61. The summed E-state index contributed by atoms with van der Waals surface area (Å²) in [5, 5.41) is 1.34. The van der Waals surface area contributed by atoms with Gasteiger partial charge < -0.3 is 4.98 Å². The molecule has 6 heteroatoms. The fourth-order valence-corrected chi connectivity index (χ4v) is 1.77. The smallest absolute Gasteiger partial charge is 0.161 e. The molecule has 0 bridgehead atoms. The highest BCUT2D eigenvalue weighted by molar-refractivity contribution is 6.31. The van der Waals surface area contributed by atoms with Gasteiger partial charge in [-0.05, 0) is 6.07 Å². The number of rotatable bonds is 1. The van der Waals surface area contributed by atoms with Crippen molar-refractivity contribution in [1.82, 2.24) is 19.9 Å². The summed E-state index contributed by atoms with van der Waals surface area (Å²) in [7, 11) is 0. The van der Waals surface area contributed by atoms with E-state index in [-0.39, 0.29) is 0 Å². The number of hydrogen-bond acceptors (Lipinski definition) is 3. The van der Waals surface area contributed by atoms with E-state index >= 15 is 0 Å². The van der Waals surface area contributed by atoms with Gasteiger partial charge in [0.15, 0.2) is 11.6 Å². The van der Waals surface area contributed by atoms with Gasteiger partial charge in [0, 0.05) is 23.3 Å². The summed E-state index contributed by atoms with van der Waals surface area (Å²) in [5.41, 5.74) is 1.44. The Morgan fingerprint density at radius 1 is 1.12 bits per heavy atom. The van der Waals surface area contributed by atoms with Gasteiger partial charge in [-0.3, -0.25) is 0 Å². The Kier molecular flexibility index (Phi) is 2.26. The molecule has 17 heavy (non-hydrogen) atoms. The molecule has 0 amide bonds. The lowest BCUT2D eigenvalue weighted by Gasteiger charge is -1.97. The van der Waals surface area contributed by atoms with E-state index in [1.165, 1.54) is 0 Å². The highest BCUT2D eigenvalue weighted by Gasteiger charge is 2.09. The summed E-state index contributed by atoms with van der Waals surface area (Å²) in [6.45, 7) is 0. The van der Waals surface area contributed by atoms with E-state index in [2.05, 4.69) is 19.9 Å². The van der Waals surface area contributed by atoms with Crippen molar-refractivity contribution in [3.05, 3.63) is 41.7 Å². The Morgan fingerprint density at radius 2 is 1.88 bits per heavy atom. The first-order valence-corrected chi connectivity index (χ1v) is 5.22. The summed E-state index contributed by atoms with van der Waals surface area (Å²) >= 11 is 5.88. The molecule has 4 nitrogen and oxygen atoms in total. The molecular formula is C11H6ClFN4. The summed E-state index contributed by atoms with van der Waals surface area (Å²) < 4.78 is 12.7. The standard InChI is InChI=1S/C11H6ClFN4/c12-6-1-8-9(5-17-10(8)14-2-6)11-15-3-7(13)4-16-11/h1-5H,(H,14,17). The van der Waals surface area contributed by atoms with Crippen molar-refractivity contribution in [2.24, 2.45) is 0 Å². The van der Waals surface area contributed by atoms with Gasteiger partial charge in [0.25, 0.3) is 0 Å². The van der Waals surface area contributed by atoms with Crippen LogP contribution in [0.4, 0.5) is 4.39 Å². The highest BCUT2D eigenvalue weighted by Crippen LogP contribution is 2.26. The van der Waals surface area contributed by atoms with Crippen LogP contribution in [0.5, 0.6) is 0 Å². The lowest BCUT2D eigenvalue weighted by Crippen LogP contribution is -1.88. The molecule has 0 aliphatic heterocycles. The van der Waals surface area contributed by atoms with Gasteiger partial charge in [-0.25, -0.2) is 19.3 Å². The Morgan fingerprint density at radius 3 is 2.65 bits per heavy atom. The Balaban J connectivity index is 2.23. The molecule has 3 aromatic heterocycles. The third-order valence-corrected chi connectivity index (χ3v) is 2.57. The maximum atomic E-state index is 12.7. The zero-order valence-corrected chi connectivity index (χ0v) is 9.24. The topological polar surface area (TPSA) is 54.5 Å². The van der Waals surface area contributed by atoms with Crippen molar-refractivity contribution >= 4 is 22.6 Å². The van der Waals surface area contributed by atoms with Gasteiger partial charge >= 0.3 is 0 Å². The van der Waals surface area contributed by atoms with Crippen LogP contribution < -0.4 is 0 Å². The fraction of sp³-hybridized carbons (Fsp3) is 0. The lowest BCUT2D eigenvalue weighted by atomic mass is 10.2. The summed E-state index contributed by atoms with van der Waals surface area (Å²) in [5.74, 6) is -0.0357. The molecule has 3 heterocycles. The van der Waals surface area contributed by atoms with Crippen molar-refractivity contribution in [2.45, 2.75) is 0 Å². The van der Waals surface area contributed by atoms with Crippen LogP contribution in [-0.2, 0) is 0 Å². The molecule has 0 fully saturated rings. The normalized spacial score (nSPS) is 10.9. The van der Waals surface area contributed by atoms with E-state index in [1.54, 1.807) is 18.5 Å². The van der Waals surface area contributed by atoms with Crippen LogP contribution in [0, 0.1) is 5.82 Å². The van der Waals surface area contributed by atoms with Crippen molar-refractivity contribution < 1.29 is 4.39 Å². The first kappa shape index (κ1) is 10.2. The summed E-state index contributed by atoms with van der Waals surface area (Å²) in [4.78, 5) is 15.0. The number of fused-ring (bicyclic) bond motifs is 1. The van der Waals surface area contributed by atoms with Gasteiger partial charge in [0.1, 0.15) is 5.65 Å². The second kappa shape index (κ2) is 3.78. The molecular weight excluding hydrogens is 243 g/mol. The number of aromatic nitrogens is 4. The second-order valence-corrected chi connectivity index (χ2v) is 3.91. The molecule has 84 valence electrons. The predicted molar refractivity (Wildman–Crippen MR) is 62.1 cm³/mol. The van der Waals surface area contributed by atoms with Crippen molar-refractivity contribution in [2.75, 3.05) is 0 Å². The van der Waals surface area contributed by atoms with Crippen LogP contribution in [0.2, 0.25) is 5.02 Å². The van der Waals surface area contributed by atoms with Crippen LogP contribution in [0.1, 0.15) is 0 Å². The molecule has 0 saturated heterocycles. The molecule has 3 aromatic rings. The van der Waals surface area contributed by atoms with Crippen molar-refractivity contribution in [3.63, 3.8) is 0 Å². The molecule has 0 aromatic carbocycles. The van der Waals surface area contributed by atoms with Crippen molar-refractivity contribution in [3.8, 4) is 11.4 Å².